The summed E-state index contributed by atoms with van der Waals surface area (Å²) >= 11 is 0. The van der Waals surface area contributed by atoms with E-state index in [0.717, 1.165) is 5.56 Å². The minimum atomic E-state index is -0.453. The maximum Gasteiger partial charge on any atom is 0.128 e. The highest BCUT2D eigenvalue weighted by atomic mass is 19.1. The van der Waals surface area contributed by atoms with Crippen LogP contribution in [0.4, 0.5) is 4.39 Å². The fourth-order valence-electron chi connectivity index (χ4n) is 2.14. The van der Waals surface area contributed by atoms with Gasteiger partial charge in [-0.3, -0.25) is 5.84 Å². The fourth-order valence-corrected chi connectivity index (χ4v) is 2.14. The third kappa shape index (κ3) is 3.15. The van der Waals surface area contributed by atoms with Crippen LogP contribution in [0.2, 0.25) is 0 Å². The number of nitrogens with one attached hydrogen (secondary N) is 1. The number of ether oxygens (including phenoxy) is 1. The van der Waals surface area contributed by atoms with Gasteiger partial charge >= 0.3 is 0 Å². The Morgan fingerprint density at radius 2 is 1.60 bits per heavy atom. The molecule has 0 saturated carbocycles. The van der Waals surface area contributed by atoms with Crippen molar-refractivity contribution in [2.45, 2.75) is 26.0 Å². The number of para-hydroxylation sites is 1. The zero-order valence-corrected chi connectivity index (χ0v) is 11.6. The summed E-state index contributed by atoms with van der Waals surface area (Å²) in [6, 6.07) is 13.6. The lowest BCUT2D eigenvalue weighted by Gasteiger charge is -2.22. The molecular weight excluding hydrogens is 255 g/mol. The van der Waals surface area contributed by atoms with Crippen LogP contribution in [0.1, 0.15) is 31.0 Å². The van der Waals surface area contributed by atoms with E-state index in [4.69, 9.17) is 10.6 Å². The van der Waals surface area contributed by atoms with E-state index in [9.17, 15) is 4.39 Å². The van der Waals surface area contributed by atoms with E-state index >= 15 is 0 Å². The van der Waals surface area contributed by atoms with Gasteiger partial charge in [-0.15, -0.1) is 0 Å². The van der Waals surface area contributed by atoms with Crippen LogP contribution in [0.3, 0.4) is 0 Å². The Bertz CT molecular complexity index is 572. The van der Waals surface area contributed by atoms with Crippen LogP contribution in [0, 0.1) is 5.82 Å². The van der Waals surface area contributed by atoms with E-state index in [1.54, 1.807) is 18.2 Å². The average Bonchev–Trinajstić information content (AvgIpc) is 2.43. The molecule has 106 valence electrons. The van der Waals surface area contributed by atoms with Crippen LogP contribution >= 0.6 is 0 Å². The summed E-state index contributed by atoms with van der Waals surface area (Å²) in [6.45, 7) is 3.90. The number of halogens is 1. The van der Waals surface area contributed by atoms with Gasteiger partial charge in [-0.1, -0.05) is 36.4 Å². The lowest BCUT2D eigenvalue weighted by atomic mass is 9.98. The molecule has 0 fully saturated rings. The van der Waals surface area contributed by atoms with Crippen LogP contribution in [0.25, 0.3) is 0 Å². The van der Waals surface area contributed by atoms with E-state index in [1.807, 2.05) is 38.1 Å². The predicted molar refractivity (Wildman–Crippen MR) is 77.8 cm³/mol. The first kappa shape index (κ1) is 14.5. The van der Waals surface area contributed by atoms with Gasteiger partial charge in [0.05, 0.1) is 12.1 Å². The quantitative estimate of drug-likeness (QED) is 0.650. The molecule has 20 heavy (non-hydrogen) atoms. The summed E-state index contributed by atoms with van der Waals surface area (Å²) in [5.74, 6) is 6.04. The molecule has 0 amide bonds. The maximum absolute atomic E-state index is 14.0. The van der Waals surface area contributed by atoms with Crippen LogP contribution in [0.5, 0.6) is 5.75 Å². The van der Waals surface area contributed by atoms with Gasteiger partial charge in [-0.2, -0.15) is 0 Å². The van der Waals surface area contributed by atoms with E-state index in [2.05, 4.69) is 5.43 Å². The Morgan fingerprint density at radius 1 is 1.00 bits per heavy atom. The van der Waals surface area contributed by atoms with Crippen molar-refractivity contribution in [2.24, 2.45) is 5.84 Å². The smallest absolute Gasteiger partial charge is 0.128 e. The number of hydrogen-bond acceptors (Lipinski definition) is 3. The molecule has 0 spiro atoms. The molecule has 0 bridgehead atoms. The van der Waals surface area contributed by atoms with Crippen LogP contribution in [-0.4, -0.2) is 6.10 Å². The minimum absolute atomic E-state index is 0.0372. The second kappa shape index (κ2) is 6.50. The monoisotopic (exact) mass is 274 g/mol. The van der Waals surface area contributed by atoms with E-state index < -0.39 is 6.04 Å². The number of benzene rings is 2. The first-order valence-corrected chi connectivity index (χ1v) is 6.59. The Morgan fingerprint density at radius 3 is 2.20 bits per heavy atom. The molecule has 0 aliphatic rings. The Kier molecular flexibility index (Phi) is 4.71. The highest BCUT2D eigenvalue weighted by Crippen LogP contribution is 2.31. The van der Waals surface area contributed by atoms with Crippen LogP contribution in [-0.2, 0) is 0 Å². The van der Waals surface area contributed by atoms with Gasteiger partial charge in [0.2, 0.25) is 0 Å². The first-order chi connectivity index (χ1) is 9.63. The van der Waals surface area contributed by atoms with Crippen molar-refractivity contribution >= 4 is 0 Å². The van der Waals surface area contributed by atoms with Crippen molar-refractivity contribution in [1.82, 2.24) is 5.43 Å². The van der Waals surface area contributed by atoms with Crippen molar-refractivity contribution in [3.8, 4) is 5.75 Å². The lowest BCUT2D eigenvalue weighted by molar-refractivity contribution is 0.238. The molecule has 0 heterocycles. The van der Waals surface area contributed by atoms with Gasteiger partial charge in [0.25, 0.3) is 0 Å². The van der Waals surface area contributed by atoms with Crippen molar-refractivity contribution in [2.75, 3.05) is 0 Å². The summed E-state index contributed by atoms with van der Waals surface area (Å²) in [7, 11) is 0. The lowest BCUT2D eigenvalue weighted by Crippen LogP contribution is -2.30. The zero-order chi connectivity index (χ0) is 14.5. The number of hydrazine groups is 1. The van der Waals surface area contributed by atoms with Crippen molar-refractivity contribution in [3.05, 3.63) is 65.5 Å². The van der Waals surface area contributed by atoms with Crippen molar-refractivity contribution in [1.29, 1.82) is 0 Å². The normalized spacial score (nSPS) is 12.4. The molecule has 2 rings (SSSR count). The number of hydrogen-bond donors (Lipinski definition) is 2. The highest BCUT2D eigenvalue weighted by molar-refractivity contribution is 5.42. The molecule has 3 N–H and O–H groups in total. The Labute approximate surface area is 118 Å². The van der Waals surface area contributed by atoms with Gasteiger partial charge in [-0.25, -0.2) is 9.82 Å². The zero-order valence-electron chi connectivity index (χ0n) is 11.6. The molecule has 1 unspecified atom stereocenters. The molecule has 2 aromatic rings. The molecule has 2 aromatic carbocycles. The number of rotatable bonds is 5. The van der Waals surface area contributed by atoms with Gasteiger partial charge < -0.3 is 4.74 Å². The standard InChI is InChI=1S/C16H19FN2O/c1-11(2)20-15-10-6-4-8-13(15)16(19-18)12-7-3-5-9-14(12)17/h3-11,16,19H,18H2,1-2H3. The topological polar surface area (TPSA) is 47.3 Å². The third-order valence-electron chi connectivity index (χ3n) is 2.98. The summed E-state index contributed by atoms with van der Waals surface area (Å²) < 4.78 is 19.7. The molecule has 0 aliphatic heterocycles. The Balaban J connectivity index is 2.45. The molecule has 1 atom stereocenters. The number of nitrogens with two attached hydrogens (primary N) is 1. The summed E-state index contributed by atoms with van der Waals surface area (Å²) in [4.78, 5) is 0. The second-order valence-electron chi connectivity index (χ2n) is 4.83. The van der Waals surface area contributed by atoms with Crippen LogP contribution in [0.15, 0.2) is 48.5 Å². The van der Waals surface area contributed by atoms with Crippen molar-refractivity contribution in [3.63, 3.8) is 0 Å². The van der Waals surface area contributed by atoms with E-state index in [0.29, 0.717) is 11.3 Å². The fraction of sp³-hybridized carbons (Fsp3) is 0.250. The predicted octanol–water partition coefficient (Wildman–Crippen LogP) is 3.17. The molecule has 0 aromatic heterocycles. The van der Waals surface area contributed by atoms with Crippen molar-refractivity contribution < 1.29 is 9.13 Å². The molecule has 0 radical (unpaired) electrons. The molecular formula is C16H19FN2O. The molecule has 4 heteroatoms. The van der Waals surface area contributed by atoms with Gasteiger partial charge in [-0.05, 0) is 26.0 Å². The summed E-state index contributed by atoms with van der Waals surface area (Å²) in [5.41, 5.74) is 3.98. The average molecular weight is 274 g/mol. The maximum atomic E-state index is 14.0. The first-order valence-electron chi connectivity index (χ1n) is 6.59. The third-order valence-corrected chi connectivity index (χ3v) is 2.98. The van der Waals surface area contributed by atoms with Gasteiger partial charge in [0.15, 0.2) is 0 Å². The largest absolute Gasteiger partial charge is 0.491 e. The van der Waals surface area contributed by atoms with Gasteiger partial charge in [0.1, 0.15) is 11.6 Å². The highest BCUT2D eigenvalue weighted by Gasteiger charge is 2.20. The minimum Gasteiger partial charge on any atom is -0.491 e. The SMILES string of the molecule is CC(C)Oc1ccccc1C(NN)c1ccccc1F. The molecule has 3 nitrogen and oxygen atoms in total. The van der Waals surface area contributed by atoms with Gasteiger partial charge in [0, 0.05) is 11.1 Å². The van der Waals surface area contributed by atoms with E-state index in [-0.39, 0.29) is 11.9 Å². The van der Waals surface area contributed by atoms with Crippen LogP contribution < -0.4 is 16.0 Å². The molecule has 0 saturated heterocycles. The Hall–Kier alpha value is -1.91. The second-order valence-corrected chi connectivity index (χ2v) is 4.83. The summed E-state index contributed by atoms with van der Waals surface area (Å²) in [6.07, 6.45) is 0.0372. The summed E-state index contributed by atoms with van der Waals surface area (Å²) in [5, 5.41) is 0. The van der Waals surface area contributed by atoms with E-state index in [1.165, 1.54) is 6.07 Å². The molecule has 0 aliphatic carbocycles.